The topological polar surface area (TPSA) is 58.6 Å². The third kappa shape index (κ3) is 5.79. The minimum absolute atomic E-state index is 0.0323. The quantitative estimate of drug-likeness (QED) is 0.194. The summed E-state index contributed by atoms with van der Waals surface area (Å²) in [6.45, 7) is 8.05. The number of hydrogen-bond donors (Lipinski definition) is 1. The molecule has 0 saturated heterocycles. The van der Waals surface area contributed by atoms with Crippen molar-refractivity contribution in [3.63, 3.8) is 0 Å². The summed E-state index contributed by atoms with van der Waals surface area (Å²) in [4.78, 5) is 26.9. The third-order valence-corrected chi connectivity index (χ3v) is 11.4. The molecule has 0 radical (unpaired) electrons. The summed E-state index contributed by atoms with van der Waals surface area (Å²) in [5.74, 6) is 3.11. The number of rotatable bonds is 9. The van der Waals surface area contributed by atoms with Crippen LogP contribution < -0.4 is 10.2 Å². The Hall–Kier alpha value is -1.72. The van der Waals surface area contributed by atoms with Crippen molar-refractivity contribution in [2.75, 3.05) is 29.7 Å². The lowest BCUT2D eigenvalue weighted by molar-refractivity contribution is -0.150. The van der Waals surface area contributed by atoms with Gasteiger partial charge in [0.2, 0.25) is 5.91 Å². The first kappa shape index (κ1) is 29.8. The summed E-state index contributed by atoms with van der Waals surface area (Å²) >= 11 is 11.9. The fourth-order valence-corrected chi connectivity index (χ4v) is 9.41. The first-order chi connectivity index (χ1) is 19.2. The van der Waals surface area contributed by atoms with Crippen LogP contribution in [0.25, 0.3) is 0 Å². The van der Waals surface area contributed by atoms with Gasteiger partial charge in [0.25, 0.3) is 0 Å². The second-order valence-corrected chi connectivity index (χ2v) is 14.0. The van der Waals surface area contributed by atoms with Gasteiger partial charge in [0.05, 0.1) is 6.42 Å². The van der Waals surface area contributed by atoms with Crippen LogP contribution in [0, 0.1) is 28.6 Å². The molecule has 7 heteroatoms. The van der Waals surface area contributed by atoms with Gasteiger partial charge < -0.3 is 15.0 Å². The Balaban J connectivity index is 1.19. The molecule has 7 atom stereocenters. The van der Waals surface area contributed by atoms with Crippen molar-refractivity contribution in [3.05, 3.63) is 41.5 Å². The number of hydrogen-bond acceptors (Lipinski definition) is 4. The molecule has 5 rings (SSSR count). The maximum atomic E-state index is 12.9. The molecule has 1 aromatic carbocycles. The first-order valence-corrected chi connectivity index (χ1v) is 16.4. The lowest BCUT2D eigenvalue weighted by atomic mass is 9.48. The molecule has 0 aliphatic heterocycles. The Labute approximate surface area is 250 Å². The van der Waals surface area contributed by atoms with Crippen molar-refractivity contribution in [3.8, 4) is 0 Å². The number of nitrogens with zero attached hydrogens (tertiary/aromatic N) is 1. The zero-order chi connectivity index (χ0) is 28.5. The van der Waals surface area contributed by atoms with E-state index in [-0.39, 0.29) is 28.8 Å². The van der Waals surface area contributed by atoms with E-state index in [4.69, 9.17) is 27.9 Å². The number of allylic oxidation sites excluding steroid dienone is 1. The Bertz CT molecular complexity index is 1100. The van der Waals surface area contributed by atoms with Gasteiger partial charge in [0.1, 0.15) is 6.10 Å². The minimum Gasteiger partial charge on any atom is -0.462 e. The maximum absolute atomic E-state index is 12.9. The second-order valence-electron chi connectivity index (χ2n) is 13.2. The van der Waals surface area contributed by atoms with Gasteiger partial charge >= 0.3 is 5.97 Å². The number of alkyl halides is 2. The molecule has 0 heterocycles. The van der Waals surface area contributed by atoms with Crippen LogP contribution in [0.1, 0.15) is 77.7 Å². The van der Waals surface area contributed by atoms with Crippen molar-refractivity contribution in [2.45, 2.75) is 90.7 Å². The summed E-state index contributed by atoms with van der Waals surface area (Å²) in [5, 5.41) is 3.29. The molecule has 0 unspecified atom stereocenters. The molecular formula is C33H46Cl2N2O3. The fraction of sp³-hybridized carbons (Fsp3) is 0.697. The van der Waals surface area contributed by atoms with Crippen molar-refractivity contribution in [1.82, 2.24) is 5.32 Å². The van der Waals surface area contributed by atoms with Gasteiger partial charge in [-0.25, -0.2) is 0 Å². The summed E-state index contributed by atoms with van der Waals surface area (Å²) in [6.07, 6.45) is 11.5. The second kappa shape index (κ2) is 12.3. The van der Waals surface area contributed by atoms with Crippen molar-refractivity contribution in [1.29, 1.82) is 0 Å². The first-order valence-electron chi connectivity index (χ1n) is 15.3. The van der Waals surface area contributed by atoms with E-state index in [0.717, 1.165) is 56.4 Å². The number of anilines is 1. The van der Waals surface area contributed by atoms with E-state index in [2.05, 4.69) is 30.1 Å². The van der Waals surface area contributed by atoms with E-state index < -0.39 is 0 Å². The van der Waals surface area contributed by atoms with Crippen LogP contribution in [-0.4, -0.2) is 48.9 Å². The molecule has 3 saturated carbocycles. The molecule has 220 valence electrons. The van der Waals surface area contributed by atoms with Crippen LogP contribution in [-0.2, 0) is 20.7 Å². The highest BCUT2D eigenvalue weighted by Crippen LogP contribution is 2.64. The van der Waals surface area contributed by atoms with Crippen LogP contribution in [0.15, 0.2) is 35.9 Å². The Morgan fingerprint density at radius 1 is 1.00 bits per heavy atom. The Kier molecular flexibility index (Phi) is 9.12. The molecule has 5 nitrogen and oxygen atoms in total. The summed E-state index contributed by atoms with van der Waals surface area (Å²) < 4.78 is 6.05. The molecule has 1 amide bonds. The van der Waals surface area contributed by atoms with E-state index in [1.54, 1.807) is 6.92 Å². The van der Waals surface area contributed by atoms with Gasteiger partial charge in [0.15, 0.2) is 0 Å². The van der Waals surface area contributed by atoms with Crippen LogP contribution in [0.4, 0.5) is 5.69 Å². The monoisotopic (exact) mass is 588 g/mol. The number of halogens is 2. The predicted molar refractivity (Wildman–Crippen MR) is 163 cm³/mol. The Morgan fingerprint density at radius 2 is 1.73 bits per heavy atom. The molecule has 0 bridgehead atoms. The molecule has 1 N–H and O–H groups in total. The van der Waals surface area contributed by atoms with Crippen molar-refractivity contribution < 1.29 is 14.3 Å². The number of amides is 1. The van der Waals surface area contributed by atoms with Gasteiger partial charge in [0, 0.05) is 49.9 Å². The van der Waals surface area contributed by atoms with Gasteiger partial charge in [-0.2, -0.15) is 0 Å². The number of ether oxygens (including phenoxy) is 1. The molecule has 4 aliphatic carbocycles. The lowest BCUT2D eigenvalue weighted by Crippen LogP contribution is -2.53. The van der Waals surface area contributed by atoms with E-state index in [9.17, 15) is 9.59 Å². The number of carbonyl (C=O) groups is 2. The highest BCUT2D eigenvalue weighted by atomic mass is 35.5. The molecule has 1 aromatic rings. The SMILES string of the molecule is CC(=O)N[C@H]1CC[C@H]2[C@@H]3CC=C4C[C@@H](OC(=O)Cc5ccc(N(CCCl)CCCl)cc5)CC[C@]4(C)[C@H]3CC[C@]12C. The summed E-state index contributed by atoms with van der Waals surface area (Å²) in [7, 11) is 0. The van der Waals surface area contributed by atoms with Gasteiger partial charge in [-0.1, -0.05) is 37.6 Å². The predicted octanol–water partition coefficient (Wildman–Crippen LogP) is 6.89. The van der Waals surface area contributed by atoms with Gasteiger partial charge in [-0.3, -0.25) is 9.59 Å². The average Bonchev–Trinajstić information content (AvgIpc) is 3.24. The zero-order valence-electron chi connectivity index (χ0n) is 24.4. The number of fused-ring (bicyclic) bond motifs is 5. The van der Waals surface area contributed by atoms with E-state index in [1.165, 1.54) is 24.8 Å². The minimum atomic E-state index is -0.141. The molecule has 4 aliphatic rings. The summed E-state index contributed by atoms with van der Waals surface area (Å²) in [5.41, 5.74) is 3.96. The molecule has 0 spiro atoms. The van der Waals surface area contributed by atoms with E-state index in [1.807, 2.05) is 24.3 Å². The molecule has 40 heavy (non-hydrogen) atoms. The highest BCUT2D eigenvalue weighted by molar-refractivity contribution is 6.18. The standard InChI is InChI=1S/C33H46Cl2N2O3/c1-22(38)36-30-11-10-28-27-9-6-24-21-26(12-14-32(24,2)29(27)13-15-33(28,30)3)40-31(39)20-23-4-7-25(8-5-23)37(18-16-34)19-17-35/h4-8,26-30H,9-21H2,1-3H3,(H,36,38)/t26-,27-,28-,29-,30-,32-,33-/m0/s1. The lowest BCUT2D eigenvalue weighted by Gasteiger charge is -2.58. The molecular weight excluding hydrogens is 543 g/mol. The molecule has 0 aromatic heterocycles. The number of nitrogens with one attached hydrogen (secondary N) is 1. The fourth-order valence-electron chi connectivity index (χ4n) is 9.00. The van der Waals surface area contributed by atoms with Gasteiger partial charge in [-0.15, -0.1) is 23.2 Å². The molecule has 3 fully saturated rings. The normalized spacial score (nSPS) is 34.6. The van der Waals surface area contributed by atoms with Crippen LogP contribution in [0.3, 0.4) is 0 Å². The zero-order valence-corrected chi connectivity index (χ0v) is 25.9. The number of benzene rings is 1. The van der Waals surface area contributed by atoms with Crippen LogP contribution in [0.2, 0.25) is 0 Å². The maximum Gasteiger partial charge on any atom is 0.310 e. The van der Waals surface area contributed by atoms with Gasteiger partial charge in [-0.05, 0) is 91.2 Å². The largest absolute Gasteiger partial charge is 0.462 e. The van der Waals surface area contributed by atoms with E-state index in [0.29, 0.717) is 42.0 Å². The third-order valence-electron chi connectivity index (χ3n) is 11.1. The van der Waals surface area contributed by atoms with Crippen molar-refractivity contribution in [2.24, 2.45) is 28.6 Å². The average molecular weight is 590 g/mol. The summed E-state index contributed by atoms with van der Waals surface area (Å²) in [6, 6.07) is 8.40. The number of carbonyl (C=O) groups excluding carboxylic acids is 2. The van der Waals surface area contributed by atoms with E-state index >= 15 is 0 Å². The van der Waals surface area contributed by atoms with Crippen molar-refractivity contribution >= 4 is 40.8 Å². The smallest absolute Gasteiger partial charge is 0.310 e. The number of esters is 1. The Morgan fingerprint density at radius 3 is 2.40 bits per heavy atom. The van der Waals surface area contributed by atoms with Crippen LogP contribution >= 0.6 is 23.2 Å². The highest BCUT2D eigenvalue weighted by Gasteiger charge is 2.58. The van der Waals surface area contributed by atoms with Crippen LogP contribution in [0.5, 0.6) is 0 Å².